The van der Waals surface area contributed by atoms with Crippen LogP contribution >= 0.6 is 0 Å². The van der Waals surface area contributed by atoms with Gasteiger partial charge in [-0.25, -0.2) is 4.79 Å². The maximum atomic E-state index is 11.3. The molecule has 2 aromatic carbocycles. The number of aryl methyl sites for hydroxylation is 1. The smallest absolute Gasteiger partial charge is 0.336 e. The Bertz CT molecular complexity index is 602. The number of benzene rings is 2. The molecule has 1 N–H and O–H groups in total. The fourth-order valence-electron chi connectivity index (χ4n) is 2.78. The van der Waals surface area contributed by atoms with E-state index in [9.17, 15) is 9.90 Å². The Morgan fingerprint density at radius 2 is 2.06 bits per heavy atom. The zero-order valence-corrected chi connectivity index (χ0v) is 9.89. The minimum Gasteiger partial charge on any atom is -0.478 e. The second-order valence-corrected chi connectivity index (χ2v) is 4.59. The van der Waals surface area contributed by atoms with E-state index in [1.165, 1.54) is 11.1 Å². The second kappa shape index (κ2) is 4.30. The molecule has 2 nitrogen and oxygen atoms in total. The lowest BCUT2D eigenvalue weighted by molar-refractivity contribution is 0.0695. The van der Waals surface area contributed by atoms with Crippen LogP contribution in [0.2, 0.25) is 0 Å². The van der Waals surface area contributed by atoms with Gasteiger partial charge in [0.05, 0.1) is 5.56 Å². The summed E-state index contributed by atoms with van der Waals surface area (Å²) in [6.07, 6.45) is 1.99. The first-order valence-electron chi connectivity index (χ1n) is 6.09. The number of carbonyl (C=O) groups is 1. The van der Waals surface area contributed by atoms with Crippen molar-refractivity contribution in [2.24, 2.45) is 0 Å². The van der Waals surface area contributed by atoms with Gasteiger partial charge in [-0.1, -0.05) is 36.4 Å². The van der Waals surface area contributed by atoms with Crippen molar-refractivity contribution in [2.45, 2.75) is 18.8 Å². The van der Waals surface area contributed by atoms with Gasteiger partial charge >= 0.3 is 5.97 Å². The lowest BCUT2D eigenvalue weighted by Gasteiger charge is -2.14. The van der Waals surface area contributed by atoms with E-state index in [0.29, 0.717) is 5.56 Å². The molecular weight excluding hydrogens is 224 g/mol. The topological polar surface area (TPSA) is 37.3 Å². The van der Waals surface area contributed by atoms with Crippen LogP contribution in [0, 0.1) is 6.07 Å². The molecule has 0 aliphatic heterocycles. The Labute approximate surface area is 106 Å². The van der Waals surface area contributed by atoms with Gasteiger partial charge in [-0.05, 0) is 41.7 Å². The first-order valence-corrected chi connectivity index (χ1v) is 6.09. The number of aromatic carboxylic acids is 1. The lowest BCUT2D eigenvalue weighted by Crippen LogP contribution is -2.06. The van der Waals surface area contributed by atoms with E-state index in [4.69, 9.17) is 0 Å². The van der Waals surface area contributed by atoms with E-state index >= 15 is 0 Å². The molecule has 0 heterocycles. The number of hydrogen-bond acceptors (Lipinski definition) is 1. The molecule has 1 aliphatic rings. The summed E-state index contributed by atoms with van der Waals surface area (Å²) in [5.74, 6) is -0.695. The average molecular weight is 237 g/mol. The van der Waals surface area contributed by atoms with Crippen LogP contribution in [0.5, 0.6) is 0 Å². The second-order valence-electron chi connectivity index (χ2n) is 4.59. The van der Waals surface area contributed by atoms with Crippen LogP contribution in [-0.4, -0.2) is 11.1 Å². The number of fused-ring (bicyclic) bond motifs is 1. The zero-order valence-electron chi connectivity index (χ0n) is 9.89. The predicted molar refractivity (Wildman–Crippen MR) is 68.8 cm³/mol. The molecule has 3 rings (SSSR count). The van der Waals surface area contributed by atoms with Crippen molar-refractivity contribution in [3.8, 4) is 0 Å². The molecule has 0 spiro atoms. The fourth-order valence-corrected chi connectivity index (χ4v) is 2.78. The molecule has 0 saturated heterocycles. The van der Waals surface area contributed by atoms with Crippen molar-refractivity contribution in [1.82, 2.24) is 0 Å². The van der Waals surface area contributed by atoms with Crippen molar-refractivity contribution >= 4 is 5.97 Å². The van der Waals surface area contributed by atoms with Crippen LogP contribution in [0.25, 0.3) is 0 Å². The lowest BCUT2D eigenvalue weighted by atomic mass is 9.89. The quantitative estimate of drug-likeness (QED) is 0.870. The molecule has 2 aromatic rings. The van der Waals surface area contributed by atoms with E-state index in [2.05, 4.69) is 18.2 Å². The van der Waals surface area contributed by atoms with Crippen molar-refractivity contribution in [1.29, 1.82) is 0 Å². The van der Waals surface area contributed by atoms with Crippen LogP contribution in [0.1, 0.15) is 39.4 Å². The molecule has 1 aliphatic carbocycles. The molecule has 1 atom stereocenters. The Kier molecular flexibility index (Phi) is 2.63. The maximum absolute atomic E-state index is 11.3. The highest BCUT2D eigenvalue weighted by molar-refractivity contribution is 5.89. The monoisotopic (exact) mass is 237 g/mol. The van der Waals surface area contributed by atoms with Crippen LogP contribution in [0.3, 0.4) is 0 Å². The Hall–Kier alpha value is -2.09. The molecule has 1 radical (unpaired) electrons. The third kappa shape index (κ3) is 1.70. The van der Waals surface area contributed by atoms with Crippen LogP contribution < -0.4 is 0 Å². The Morgan fingerprint density at radius 1 is 1.22 bits per heavy atom. The largest absolute Gasteiger partial charge is 0.478 e. The summed E-state index contributed by atoms with van der Waals surface area (Å²) in [6, 6.07) is 16.6. The van der Waals surface area contributed by atoms with Crippen LogP contribution in [0.15, 0.2) is 42.5 Å². The van der Waals surface area contributed by atoms with Crippen molar-refractivity contribution < 1.29 is 9.90 Å². The molecular formula is C16H13O2. The summed E-state index contributed by atoms with van der Waals surface area (Å²) < 4.78 is 0. The molecule has 0 aromatic heterocycles. The zero-order chi connectivity index (χ0) is 12.5. The summed E-state index contributed by atoms with van der Waals surface area (Å²) in [4.78, 5) is 11.3. The molecule has 18 heavy (non-hydrogen) atoms. The fraction of sp³-hybridized carbons (Fsp3) is 0.188. The van der Waals surface area contributed by atoms with Gasteiger partial charge in [-0.3, -0.25) is 0 Å². The highest BCUT2D eigenvalue weighted by atomic mass is 16.4. The molecule has 0 bridgehead atoms. The number of rotatable bonds is 2. The first-order chi connectivity index (χ1) is 8.77. The number of carboxylic acids is 1. The molecule has 2 heteroatoms. The average Bonchev–Trinajstić information content (AvgIpc) is 2.82. The normalized spacial score (nSPS) is 17.4. The van der Waals surface area contributed by atoms with Gasteiger partial charge in [0.1, 0.15) is 0 Å². The standard InChI is InChI=1S/C16H13O2/c17-16(18)15-8-4-3-7-13(15)14-10-9-11-5-1-2-6-12(11)14/h1-6,8,14H,9-10H2,(H,17,18). The number of carboxylic acid groups (broad SMARTS) is 1. The van der Waals surface area contributed by atoms with E-state index in [-0.39, 0.29) is 5.92 Å². The van der Waals surface area contributed by atoms with Gasteiger partial charge in [0.2, 0.25) is 0 Å². The van der Waals surface area contributed by atoms with Crippen LogP contribution in [-0.2, 0) is 6.42 Å². The minimum absolute atomic E-state index is 0.175. The van der Waals surface area contributed by atoms with E-state index in [1.807, 2.05) is 12.1 Å². The van der Waals surface area contributed by atoms with Gasteiger partial charge in [-0.15, -0.1) is 0 Å². The third-order valence-corrected chi connectivity index (χ3v) is 3.60. The van der Waals surface area contributed by atoms with Crippen molar-refractivity contribution in [3.63, 3.8) is 0 Å². The van der Waals surface area contributed by atoms with E-state index < -0.39 is 5.97 Å². The van der Waals surface area contributed by atoms with Gasteiger partial charge in [0, 0.05) is 5.92 Å². The van der Waals surface area contributed by atoms with Gasteiger partial charge < -0.3 is 5.11 Å². The maximum Gasteiger partial charge on any atom is 0.336 e. The van der Waals surface area contributed by atoms with Crippen LogP contribution in [0.4, 0.5) is 0 Å². The first kappa shape index (κ1) is 11.0. The van der Waals surface area contributed by atoms with E-state index in [1.54, 1.807) is 18.2 Å². The van der Waals surface area contributed by atoms with Crippen molar-refractivity contribution in [3.05, 3.63) is 70.8 Å². The predicted octanol–water partition coefficient (Wildman–Crippen LogP) is 3.26. The van der Waals surface area contributed by atoms with E-state index in [0.717, 1.165) is 18.4 Å². The molecule has 0 saturated carbocycles. The Balaban J connectivity index is 2.10. The molecule has 0 fully saturated rings. The molecule has 0 amide bonds. The summed E-state index contributed by atoms with van der Waals surface area (Å²) in [5, 5.41) is 9.25. The third-order valence-electron chi connectivity index (χ3n) is 3.60. The Morgan fingerprint density at radius 3 is 2.89 bits per heavy atom. The highest BCUT2D eigenvalue weighted by Gasteiger charge is 2.26. The highest BCUT2D eigenvalue weighted by Crippen LogP contribution is 2.38. The molecule has 89 valence electrons. The van der Waals surface area contributed by atoms with Gasteiger partial charge in [-0.2, -0.15) is 0 Å². The van der Waals surface area contributed by atoms with Gasteiger partial charge in [0.25, 0.3) is 0 Å². The van der Waals surface area contributed by atoms with Gasteiger partial charge in [0.15, 0.2) is 0 Å². The summed E-state index contributed by atoms with van der Waals surface area (Å²) in [5.41, 5.74) is 3.77. The van der Waals surface area contributed by atoms with Crippen molar-refractivity contribution in [2.75, 3.05) is 0 Å². The SMILES string of the molecule is O=C(O)c1ccc[c]c1C1CCc2ccccc21. The molecule has 1 unspecified atom stereocenters. The summed E-state index contributed by atoms with van der Waals surface area (Å²) >= 11 is 0. The summed E-state index contributed by atoms with van der Waals surface area (Å²) in [7, 11) is 0. The minimum atomic E-state index is -0.869. The number of hydrogen-bond donors (Lipinski definition) is 1. The summed E-state index contributed by atoms with van der Waals surface area (Å²) in [6.45, 7) is 0.